The molecule has 0 spiro atoms. The van der Waals surface area contributed by atoms with Gasteiger partial charge in [0.1, 0.15) is 0 Å². The van der Waals surface area contributed by atoms with Crippen LogP contribution >= 0.6 is 0 Å². The zero-order valence-corrected chi connectivity index (χ0v) is 14.1. The number of ketones is 2. The van der Waals surface area contributed by atoms with E-state index >= 15 is 0 Å². The first kappa shape index (κ1) is 13.8. The minimum Gasteiger partial charge on any atom is -0.289 e. The minimum atomic E-state index is 0.00440. The molecule has 0 fully saturated rings. The van der Waals surface area contributed by atoms with E-state index in [0.29, 0.717) is 0 Å². The van der Waals surface area contributed by atoms with Gasteiger partial charge < -0.3 is 0 Å². The molecule has 1 aromatic rings. The number of benzene rings is 1. The standard InChI is InChI=1S/C23H18O2/c1-2-5-15-18-13-6-3-4-7-14(13)19(15)21-20(18)22(24)16-11-8-9-12(10-11)17(16)23(21)25/h3-9,11-12,18-19H,2,10H2,1H3/t11-,12+,18-,19+. The lowest BCUT2D eigenvalue weighted by molar-refractivity contribution is -0.116. The second-order valence-electron chi connectivity index (χ2n) is 7.75. The molecule has 0 radical (unpaired) electrons. The van der Waals surface area contributed by atoms with Crippen molar-refractivity contribution in [2.24, 2.45) is 11.8 Å². The Morgan fingerprint density at radius 3 is 1.88 bits per heavy atom. The van der Waals surface area contributed by atoms with Gasteiger partial charge in [0, 0.05) is 46.0 Å². The summed E-state index contributed by atoms with van der Waals surface area (Å²) in [6.45, 7) is 2.13. The Hall–Kier alpha value is -2.48. The molecule has 0 saturated heterocycles. The molecule has 0 amide bonds. The van der Waals surface area contributed by atoms with Gasteiger partial charge in [-0.2, -0.15) is 0 Å². The van der Waals surface area contributed by atoms with Gasteiger partial charge in [-0.05, 0) is 24.0 Å². The molecule has 0 unspecified atom stereocenters. The predicted octanol–water partition coefficient (Wildman–Crippen LogP) is 4.17. The van der Waals surface area contributed by atoms with Crippen LogP contribution in [0.25, 0.3) is 0 Å². The van der Waals surface area contributed by atoms with E-state index in [4.69, 9.17) is 0 Å². The molecule has 1 aromatic carbocycles. The number of allylic oxidation sites excluding steroid dienone is 8. The topological polar surface area (TPSA) is 34.1 Å². The van der Waals surface area contributed by atoms with Crippen molar-refractivity contribution in [3.8, 4) is 0 Å². The number of hydrogen-bond acceptors (Lipinski definition) is 2. The summed E-state index contributed by atoms with van der Waals surface area (Å²) in [5, 5.41) is 0. The average molecular weight is 326 g/mol. The predicted molar refractivity (Wildman–Crippen MR) is 95.1 cm³/mol. The Labute approximate surface area is 146 Å². The van der Waals surface area contributed by atoms with Gasteiger partial charge in [-0.3, -0.25) is 9.59 Å². The molecule has 25 heavy (non-hydrogen) atoms. The van der Waals surface area contributed by atoms with Crippen molar-refractivity contribution in [1.82, 2.24) is 0 Å². The third-order valence-corrected chi connectivity index (χ3v) is 6.69. The summed E-state index contributed by atoms with van der Waals surface area (Å²) in [6, 6.07) is 8.36. The lowest BCUT2D eigenvalue weighted by Crippen LogP contribution is -2.28. The Morgan fingerprint density at radius 1 is 0.880 bits per heavy atom. The fourth-order valence-electron chi connectivity index (χ4n) is 5.89. The summed E-state index contributed by atoms with van der Waals surface area (Å²) in [5.74, 6) is 0.655. The molecule has 0 aromatic heterocycles. The third kappa shape index (κ3) is 1.40. The van der Waals surface area contributed by atoms with Crippen molar-refractivity contribution in [3.63, 3.8) is 0 Å². The summed E-state index contributed by atoms with van der Waals surface area (Å²) < 4.78 is 0. The van der Waals surface area contributed by atoms with Crippen LogP contribution in [-0.2, 0) is 9.59 Å². The highest BCUT2D eigenvalue weighted by Crippen LogP contribution is 2.64. The molecule has 2 nitrogen and oxygen atoms in total. The zero-order chi connectivity index (χ0) is 16.9. The van der Waals surface area contributed by atoms with Crippen molar-refractivity contribution in [1.29, 1.82) is 0 Å². The van der Waals surface area contributed by atoms with Crippen LogP contribution in [0.15, 0.2) is 70.4 Å². The zero-order valence-electron chi connectivity index (χ0n) is 14.1. The molecule has 5 aliphatic carbocycles. The minimum absolute atomic E-state index is 0.00440. The van der Waals surface area contributed by atoms with E-state index in [0.717, 1.165) is 35.1 Å². The van der Waals surface area contributed by atoms with Crippen molar-refractivity contribution >= 4 is 11.6 Å². The van der Waals surface area contributed by atoms with E-state index < -0.39 is 0 Å². The van der Waals surface area contributed by atoms with Crippen LogP contribution in [0.5, 0.6) is 0 Å². The van der Waals surface area contributed by atoms with Crippen molar-refractivity contribution in [3.05, 3.63) is 81.5 Å². The highest BCUT2D eigenvalue weighted by Gasteiger charge is 2.57. The van der Waals surface area contributed by atoms with Gasteiger partial charge >= 0.3 is 0 Å². The monoisotopic (exact) mass is 326 g/mol. The van der Waals surface area contributed by atoms with Crippen molar-refractivity contribution < 1.29 is 9.59 Å². The SMILES string of the molecule is CCC=C1[C@@H]2C3=C(C(=O)C4=C(C3=O)[C@@H]3C=C[C@H]4C3)[C@H]1c1ccccc12. The van der Waals surface area contributed by atoms with E-state index in [-0.39, 0.29) is 35.2 Å². The highest BCUT2D eigenvalue weighted by atomic mass is 16.1. The quantitative estimate of drug-likeness (QED) is 0.573. The Bertz CT molecular complexity index is 941. The van der Waals surface area contributed by atoms with E-state index in [1.807, 2.05) is 12.1 Å². The fraction of sp³-hybridized carbons (Fsp3) is 0.304. The largest absolute Gasteiger partial charge is 0.289 e. The van der Waals surface area contributed by atoms with Gasteiger partial charge in [0.25, 0.3) is 0 Å². The van der Waals surface area contributed by atoms with Crippen LogP contribution in [0.4, 0.5) is 0 Å². The van der Waals surface area contributed by atoms with E-state index in [1.54, 1.807) is 0 Å². The first-order valence-electron chi connectivity index (χ1n) is 9.27. The second-order valence-corrected chi connectivity index (χ2v) is 7.75. The maximum absolute atomic E-state index is 13.4. The first-order valence-corrected chi connectivity index (χ1v) is 9.27. The fourth-order valence-corrected chi connectivity index (χ4v) is 5.89. The van der Waals surface area contributed by atoms with Gasteiger partial charge in [0.2, 0.25) is 0 Å². The summed E-state index contributed by atoms with van der Waals surface area (Å²) in [7, 11) is 0. The van der Waals surface area contributed by atoms with E-state index in [9.17, 15) is 9.59 Å². The number of hydrogen-bond donors (Lipinski definition) is 0. The first-order chi connectivity index (χ1) is 12.2. The van der Waals surface area contributed by atoms with Crippen LogP contribution < -0.4 is 0 Å². The number of Topliss-reactive ketones (excluding diaryl/α,β-unsaturated/α-hetero) is 2. The van der Waals surface area contributed by atoms with Crippen LogP contribution in [0, 0.1) is 11.8 Å². The number of rotatable bonds is 1. The summed E-state index contributed by atoms with van der Waals surface area (Å²) in [5.41, 5.74) is 6.96. The Morgan fingerprint density at radius 2 is 1.40 bits per heavy atom. The van der Waals surface area contributed by atoms with E-state index in [2.05, 4.69) is 37.3 Å². The van der Waals surface area contributed by atoms with Crippen molar-refractivity contribution in [2.75, 3.05) is 0 Å². The molecule has 4 atom stereocenters. The summed E-state index contributed by atoms with van der Waals surface area (Å²) in [4.78, 5) is 26.9. The maximum Gasteiger partial charge on any atom is 0.187 e. The van der Waals surface area contributed by atoms with Gasteiger partial charge in [-0.25, -0.2) is 0 Å². The van der Waals surface area contributed by atoms with Crippen LogP contribution in [-0.4, -0.2) is 11.6 Å². The number of carbonyl (C=O) groups excluding carboxylic acids is 2. The van der Waals surface area contributed by atoms with Gasteiger partial charge in [-0.1, -0.05) is 55.0 Å². The van der Waals surface area contributed by atoms with Gasteiger partial charge in [-0.15, -0.1) is 0 Å². The Kier molecular flexibility index (Phi) is 2.41. The molecule has 0 aliphatic heterocycles. The molecular weight excluding hydrogens is 308 g/mol. The summed E-state index contributed by atoms with van der Waals surface area (Å²) >= 11 is 0. The maximum atomic E-state index is 13.4. The van der Waals surface area contributed by atoms with Crippen LogP contribution in [0.1, 0.15) is 42.7 Å². The molecular formula is C23H18O2. The highest BCUT2D eigenvalue weighted by molar-refractivity contribution is 6.29. The van der Waals surface area contributed by atoms with Crippen molar-refractivity contribution in [2.45, 2.75) is 31.6 Å². The lowest BCUT2D eigenvalue weighted by atomic mass is 9.73. The molecule has 0 heterocycles. The van der Waals surface area contributed by atoms with E-state index in [1.165, 1.54) is 16.7 Å². The smallest absolute Gasteiger partial charge is 0.187 e. The summed E-state index contributed by atoms with van der Waals surface area (Å²) in [6.07, 6.45) is 8.35. The number of fused-ring (bicyclic) bond motifs is 11. The van der Waals surface area contributed by atoms with Crippen LogP contribution in [0.2, 0.25) is 0 Å². The molecule has 5 aliphatic rings. The molecule has 0 N–H and O–H groups in total. The third-order valence-electron chi connectivity index (χ3n) is 6.69. The van der Waals surface area contributed by atoms with Gasteiger partial charge in [0.15, 0.2) is 11.6 Å². The molecule has 4 bridgehead atoms. The molecule has 2 heteroatoms. The second kappa shape index (κ2) is 4.37. The average Bonchev–Trinajstić information content (AvgIpc) is 3.37. The molecule has 0 saturated carbocycles. The molecule has 122 valence electrons. The van der Waals surface area contributed by atoms with Gasteiger partial charge in [0.05, 0.1) is 0 Å². The Balaban J connectivity index is 1.60. The molecule has 6 rings (SSSR count). The lowest BCUT2D eigenvalue weighted by Gasteiger charge is -2.28. The van der Waals surface area contributed by atoms with Crippen LogP contribution in [0.3, 0.4) is 0 Å². The number of carbonyl (C=O) groups is 2. The normalized spacial score (nSPS) is 35.2.